The summed E-state index contributed by atoms with van der Waals surface area (Å²) in [5.74, 6) is 1.84. The molecule has 0 bridgehead atoms. The Bertz CT molecular complexity index is 916. The van der Waals surface area contributed by atoms with Crippen LogP contribution in [0.1, 0.15) is 31.4 Å². The van der Waals surface area contributed by atoms with E-state index in [1.165, 1.54) is 5.56 Å². The van der Waals surface area contributed by atoms with Gasteiger partial charge in [0, 0.05) is 37.4 Å². The lowest BCUT2D eigenvalue weighted by atomic mass is 10.1. The number of benzene rings is 2. The number of anilines is 2. The number of hydrogen-bond donors (Lipinski definition) is 1. The molecule has 1 unspecified atom stereocenters. The predicted octanol–water partition coefficient (Wildman–Crippen LogP) is 3.97. The average molecular weight is 346 g/mol. The highest BCUT2D eigenvalue weighted by molar-refractivity contribution is 5.90. The Morgan fingerprint density at radius 3 is 2.42 bits per heavy atom. The van der Waals surface area contributed by atoms with E-state index in [0.717, 1.165) is 16.7 Å². The van der Waals surface area contributed by atoms with E-state index in [1.807, 2.05) is 42.5 Å². The third-order valence-electron chi connectivity index (χ3n) is 4.85. The molecule has 1 aromatic heterocycles. The second kappa shape index (κ2) is 7.12. The van der Waals surface area contributed by atoms with Crippen molar-refractivity contribution in [2.24, 2.45) is 0 Å². The Hall–Kier alpha value is -2.95. The molecule has 0 spiro atoms. The Labute approximate surface area is 153 Å². The summed E-state index contributed by atoms with van der Waals surface area (Å²) >= 11 is 0. The number of hydrogen-bond acceptors (Lipinski definition) is 5. The number of aromatic nitrogens is 2. The number of carbonyl (C=O) groups is 1. The van der Waals surface area contributed by atoms with Gasteiger partial charge >= 0.3 is 0 Å². The predicted molar refractivity (Wildman–Crippen MR) is 104 cm³/mol. The van der Waals surface area contributed by atoms with Gasteiger partial charge in [0.2, 0.25) is 5.95 Å². The zero-order valence-corrected chi connectivity index (χ0v) is 14.9. The van der Waals surface area contributed by atoms with E-state index in [0.29, 0.717) is 37.7 Å². The molecule has 2 heterocycles. The van der Waals surface area contributed by atoms with Crippen LogP contribution >= 0.6 is 0 Å². The molecule has 1 atom stereocenters. The first-order valence-electron chi connectivity index (χ1n) is 9.05. The van der Waals surface area contributed by atoms with E-state index in [2.05, 4.69) is 29.3 Å². The highest BCUT2D eigenvalue weighted by Gasteiger charge is 2.20. The molecular formula is C21H22N4O. The molecule has 1 N–H and O–H groups in total. The third kappa shape index (κ3) is 3.38. The fourth-order valence-corrected chi connectivity index (χ4v) is 3.30. The van der Waals surface area contributed by atoms with E-state index < -0.39 is 0 Å². The van der Waals surface area contributed by atoms with Crippen molar-refractivity contribution in [3.63, 3.8) is 0 Å². The molecule has 0 aliphatic carbocycles. The van der Waals surface area contributed by atoms with Gasteiger partial charge in [-0.15, -0.1) is 0 Å². The molecule has 0 amide bonds. The van der Waals surface area contributed by atoms with Crippen molar-refractivity contribution in [1.82, 2.24) is 9.97 Å². The number of ketones is 1. The van der Waals surface area contributed by atoms with Gasteiger partial charge in [0.25, 0.3) is 0 Å². The topological polar surface area (TPSA) is 58.1 Å². The molecule has 1 fully saturated rings. The van der Waals surface area contributed by atoms with Crippen molar-refractivity contribution in [2.75, 3.05) is 23.3 Å². The summed E-state index contributed by atoms with van der Waals surface area (Å²) in [6, 6.07) is 18.5. The largest absolute Gasteiger partial charge is 0.363 e. The van der Waals surface area contributed by atoms with Crippen molar-refractivity contribution in [1.29, 1.82) is 0 Å². The molecular weight excluding hydrogens is 324 g/mol. The van der Waals surface area contributed by atoms with Crippen molar-refractivity contribution >= 4 is 28.5 Å². The summed E-state index contributed by atoms with van der Waals surface area (Å²) in [5, 5.41) is 4.55. The lowest BCUT2D eigenvalue weighted by Crippen LogP contribution is -2.35. The van der Waals surface area contributed by atoms with Crippen molar-refractivity contribution in [3.8, 4) is 0 Å². The normalized spacial score (nSPS) is 15.9. The van der Waals surface area contributed by atoms with Crippen LogP contribution in [0.2, 0.25) is 0 Å². The highest BCUT2D eigenvalue weighted by Crippen LogP contribution is 2.27. The summed E-state index contributed by atoms with van der Waals surface area (Å²) < 4.78 is 0. The Kier molecular flexibility index (Phi) is 4.52. The number of carbonyl (C=O) groups excluding carboxylic acids is 1. The summed E-state index contributed by atoms with van der Waals surface area (Å²) in [6.45, 7) is 3.50. The van der Waals surface area contributed by atoms with Gasteiger partial charge < -0.3 is 10.2 Å². The minimum atomic E-state index is 0.130. The lowest BCUT2D eigenvalue weighted by molar-refractivity contribution is -0.119. The van der Waals surface area contributed by atoms with Crippen LogP contribution in [0, 0.1) is 0 Å². The standard InChI is InChI=1S/C21H22N4O/c1-15(16-7-3-2-4-8-16)22-20-18-9-5-6-10-19(18)23-21(24-20)25-13-11-17(26)12-14-25/h2-10,15H,11-14H2,1H3,(H,22,23,24). The van der Waals surface area contributed by atoms with E-state index in [4.69, 9.17) is 9.97 Å². The molecule has 0 radical (unpaired) electrons. The van der Waals surface area contributed by atoms with Gasteiger partial charge in [-0.05, 0) is 24.6 Å². The molecule has 2 aromatic carbocycles. The second-order valence-corrected chi connectivity index (χ2v) is 6.69. The van der Waals surface area contributed by atoms with Crippen LogP contribution in [0.3, 0.4) is 0 Å². The van der Waals surface area contributed by atoms with Crippen molar-refractivity contribution < 1.29 is 4.79 Å². The van der Waals surface area contributed by atoms with Gasteiger partial charge in [-0.3, -0.25) is 4.79 Å². The van der Waals surface area contributed by atoms with Gasteiger partial charge in [0.05, 0.1) is 5.52 Å². The molecule has 1 aliphatic rings. The molecule has 1 aliphatic heterocycles. The maximum Gasteiger partial charge on any atom is 0.227 e. The molecule has 3 aromatic rings. The number of para-hydroxylation sites is 1. The number of piperidine rings is 1. The van der Waals surface area contributed by atoms with E-state index in [1.54, 1.807) is 0 Å². The van der Waals surface area contributed by atoms with Crippen LogP contribution in [0.4, 0.5) is 11.8 Å². The summed E-state index contributed by atoms with van der Waals surface area (Å²) in [5.41, 5.74) is 2.12. The first-order valence-corrected chi connectivity index (χ1v) is 9.05. The zero-order valence-electron chi connectivity index (χ0n) is 14.9. The maximum atomic E-state index is 11.5. The number of Topliss-reactive ketones (excluding diaryl/α,β-unsaturated/α-hetero) is 1. The Morgan fingerprint density at radius 2 is 1.65 bits per heavy atom. The van der Waals surface area contributed by atoms with E-state index in [-0.39, 0.29) is 6.04 Å². The first-order chi connectivity index (χ1) is 12.7. The molecule has 5 heteroatoms. The van der Waals surface area contributed by atoms with E-state index in [9.17, 15) is 4.79 Å². The van der Waals surface area contributed by atoms with Crippen molar-refractivity contribution in [2.45, 2.75) is 25.8 Å². The Morgan fingerprint density at radius 1 is 0.962 bits per heavy atom. The average Bonchev–Trinajstić information content (AvgIpc) is 2.69. The quantitative estimate of drug-likeness (QED) is 0.774. The summed E-state index contributed by atoms with van der Waals surface area (Å²) in [4.78, 5) is 23.2. The molecule has 1 saturated heterocycles. The van der Waals surface area contributed by atoms with Crippen LogP contribution in [-0.4, -0.2) is 28.8 Å². The monoisotopic (exact) mass is 346 g/mol. The zero-order chi connectivity index (χ0) is 17.9. The number of fused-ring (bicyclic) bond motifs is 1. The first kappa shape index (κ1) is 16.5. The van der Waals surface area contributed by atoms with Crippen molar-refractivity contribution in [3.05, 3.63) is 60.2 Å². The molecule has 4 rings (SSSR count). The van der Waals surface area contributed by atoms with Crippen LogP contribution in [0.25, 0.3) is 10.9 Å². The SMILES string of the molecule is CC(Nc1nc(N2CCC(=O)CC2)nc2ccccc12)c1ccccc1. The van der Waals surface area contributed by atoms with Gasteiger partial charge in [0.1, 0.15) is 11.6 Å². The summed E-state index contributed by atoms with van der Waals surface area (Å²) in [6.07, 6.45) is 1.14. The second-order valence-electron chi connectivity index (χ2n) is 6.69. The smallest absolute Gasteiger partial charge is 0.227 e. The highest BCUT2D eigenvalue weighted by atomic mass is 16.1. The van der Waals surface area contributed by atoms with E-state index >= 15 is 0 Å². The lowest BCUT2D eigenvalue weighted by Gasteiger charge is -2.27. The molecule has 5 nitrogen and oxygen atoms in total. The third-order valence-corrected chi connectivity index (χ3v) is 4.85. The molecule has 0 saturated carbocycles. The van der Waals surface area contributed by atoms with Crippen LogP contribution < -0.4 is 10.2 Å². The number of nitrogens with one attached hydrogen (secondary N) is 1. The minimum Gasteiger partial charge on any atom is -0.363 e. The summed E-state index contributed by atoms with van der Waals surface area (Å²) in [7, 11) is 0. The maximum absolute atomic E-state index is 11.5. The van der Waals surface area contributed by atoms with Gasteiger partial charge in [-0.2, -0.15) is 4.98 Å². The van der Waals surface area contributed by atoms with Crippen LogP contribution in [0.15, 0.2) is 54.6 Å². The number of nitrogens with zero attached hydrogens (tertiary/aromatic N) is 3. The fourth-order valence-electron chi connectivity index (χ4n) is 3.30. The van der Waals surface area contributed by atoms with Crippen LogP contribution in [-0.2, 0) is 4.79 Å². The van der Waals surface area contributed by atoms with Gasteiger partial charge in [-0.25, -0.2) is 4.98 Å². The minimum absolute atomic E-state index is 0.130. The fraction of sp³-hybridized carbons (Fsp3) is 0.286. The number of rotatable bonds is 4. The molecule has 26 heavy (non-hydrogen) atoms. The van der Waals surface area contributed by atoms with Gasteiger partial charge in [0.15, 0.2) is 0 Å². The van der Waals surface area contributed by atoms with Gasteiger partial charge in [-0.1, -0.05) is 42.5 Å². The molecule has 132 valence electrons. The van der Waals surface area contributed by atoms with Crippen LogP contribution in [0.5, 0.6) is 0 Å². The Balaban J connectivity index is 1.69.